The number of hydrogen-bond acceptors (Lipinski definition) is 5. The van der Waals surface area contributed by atoms with E-state index in [9.17, 15) is 0 Å². The Balaban J connectivity index is 2.14. The number of rotatable bonds is 2. The number of ether oxygens (including phenoxy) is 1. The van der Waals surface area contributed by atoms with Crippen molar-refractivity contribution in [1.82, 2.24) is 9.97 Å². The van der Waals surface area contributed by atoms with Crippen molar-refractivity contribution >= 4 is 11.6 Å². The second kappa shape index (κ2) is 5.12. The number of anilines is 2. The third-order valence-electron chi connectivity index (χ3n) is 2.65. The summed E-state index contributed by atoms with van der Waals surface area (Å²) in [5, 5.41) is 3.00. The molecule has 1 aromatic rings. The average molecular weight is 222 g/mol. The van der Waals surface area contributed by atoms with Crippen LogP contribution in [0.5, 0.6) is 0 Å². The van der Waals surface area contributed by atoms with E-state index in [4.69, 9.17) is 4.74 Å². The van der Waals surface area contributed by atoms with Crippen LogP contribution in [0.15, 0.2) is 12.4 Å². The molecule has 16 heavy (non-hydrogen) atoms. The molecule has 5 nitrogen and oxygen atoms in total. The summed E-state index contributed by atoms with van der Waals surface area (Å²) in [7, 11) is 1.85. The molecule has 1 fully saturated rings. The molecule has 0 radical (unpaired) electrons. The van der Waals surface area contributed by atoms with Crippen molar-refractivity contribution in [3.05, 3.63) is 12.4 Å². The minimum atomic E-state index is 0.252. The summed E-state index contributed by atoms with van der Waals surface area (Å²) in [6.45, 7) is 4.78. The molecule has 0 bridgehead atoms. The Morgan fingerprint density at radius 1 is 1.50 bits per heavy atom. The molecule has 0 spiro atoms. The van der Waals surface area contributed by atoms with Gasteiger partial charge in [0, 0.05) is 26.7 Å². The first kappa shape index (κ1) is 11.1. The van der Waals surface area contributed by atoms with Gasteiger partial charge in [0.25, 0.3) is 0 Å². The Bertz CT molecular complexity index is 345. The average Bonchev–Trinajstić information content (AvgIpc) is 2.54. The predicted molar refractivity (Wildman–Crippen MR) is 63.8 cm³/mol. The van der Waals surface area contributed by atoms with Gasteiger partial charge in [0.05, 0.1) is 18.5 Å². The Morgan fingerprint density at radius 2 is 2.38 bits per heavy atom. The van der Waals surface area contributed by atoms with E-state index < -0.39 is 0 Å². The molecule has 1 aliphatic rings. The van der Waals surface area contributed by atoms with Crippen LogP contribution in [0.2, 0.25) is 0 Å². The summed E-state index contributed by atoms with van der Waals surface area (Å²) in [5.41, 5.74) is 0. The van der Waals surface area contributed by atoms with Gasteiger partial charge in [0.1, 0.15) is 11.6 Å². The molecule has 1 atom stereocenters. The lowest BCUT2D eigenvalue weighted by Gasteiger charge is -2.22. The lowest BCUT2D eigenvalue weighted by Crippen LogP contribution is -2.31. The van der Waals surface area contributed by atoms with Gasteiger partial charge in [0.2, 0.25) is 0 Å². The van der Waals surface area contributed by atoms with Gasteiger partial charge in [-0.25, -0.2) is 4.98 Å². The molecular formula is C11H18N4O. The van der Waals surface area contributed by atoms with Crippen molar-refractivity contribution in [3.63, 3.8) is 0 Å². The zero-order chi connectivity index (χ0) is 11.4. The fourth-order valence-electron chi connectivity index (χ4n) is 1.83. The van der Waals surface area contributed by atoms with Crippen LogP contribution >= 0.6 is 0 Å². The molecule has 5 heteroatoms. The fourth-order valence-corrected chi connectivity index (χ4v) is 1.83. The van der Waals surface area contributed by atoms with Gasteiger partial charge in [-0.3, -0.25) is 4.98 Å². The fraction of sp³-hybridized carbons (Fsp3) is 0.636. The van der Waals surface area contributed by atoms with E-state index in [1.165, 1.54) is 0 Å². The molecule has 2 rings (SSSR count). The molecule has 0 aliphatic carbocycles. The Morgan fingerprint density at radius 3 is 3.19 bits per heavy atom. The third kappa shape index (κ3) is 2.61. The number of nitrogens with one attached hydrogen (secondary N) is 1. The van der Waals surface area contributed by atoms with E-state index in [1.807, 2.05) is 7.05 Å². The molecule has 0 amide bonds. The lowest BCUT2D eigenvalue weighted by molar-refractivity contribution is 0.0820. The zero-order valence-electron chi connectivity index (χ0n) is 9.81. The minimum absolute atomic E-state index is 0.252. The summed E-state index contributed by atoms with van der Waals surface area (Å²) < 4.78 is 5.61. The van der Waals surface area contributed by atoms with Crippen LogP contribution in [-0.4, -0.2) is 42.8 Å². The van der Waals surface area contributed by atoms with Gasteiger partial charge in [-0.05, 0) is 13.3 Å². The van der Waals surface area contributed by atoms with E-state index in [1.54, 1.807) is 12.4 Å². The van der Waals surface area contributed by atoms with Crippen molar-refractivity contribution in [2.75, 3.05) is 37.0 Å². The first-order valence-electron chi connectivity index (χ1n) is 5.66. The van der Waals surface area contributed by atoms with Crippen LogP contribution in [0, 0.1) is 0 Å². The first-order valence-corrected chi connectivity index (χ1v) is 5.66. The molecular weight excluding hydrogens is 204 g/mol. The van der Waals surface area contributed by atoms with Gasteiger partial charge >= 0.3 is 0 Å². The highest BCUT2D eigenvalue weighted by Crippen LogP contribution is 2.15. The summed E-state index contributed by atoms with van der Waals surface area (Å²) in [4.78, 5) is 10.9. The largest absolute Gasteiger partial charge is 0.377 e. The SMILES string of the molecule is CNc1cncc(N2CCCOC(C)C2)n1. The van der Waals surface area contributed by atoms with Crippen LogP contribution in [0.4, 0.5) is 11.6 Å². The molecule has 1 N–H and O–H groups in total. The Labute approximate surface area is 95.8 Å². The van der Waals surface area contributed by atoms with E-state index in [-0.39, 0.29) is 6.10 Å². The molecule has 1 saturated heterocycles. The third-order valence-corrected chi connectivity index (χ3v) is 2.65. The predicted octanol–water partition coefficient (Wildman–Crippen LogP) is 1.13. The topological polar surface area (TPSA) is 50.3 Å². The van der Waals surface area contributed by atoms with Crippen LogP contribution in [-0.2, 0) is 4.74 Å². The standard InChI is InChI=1S/C11H18N4O/c1-9-8-15(4-3-5-16-9)11-7-13-6-10(12-2)14-11/h6-7,9H,3-5,8H2,1-2H3,(H,12,14). The van der Waals surface area contributed by atoms with Crippen LogP contribution in [0.1, 0.15) is 13.3 Å². The number of hydrogen-bond donors (Lipinski definition) is 1. The summed E-state index contributed by atoms with van der Waals surface area (Å²) in [5.74, 6) is 1.72. The summed E-state index contributed by atoms with van der Waals surface area (Å²) >= 11 is 0. The quantitative estimate of drug-likeness (QED) is 0.813. The number of aromatic nitrogens is 2. The highest BCUT2D eigenvalue weighted by atomic mass is 16.5. The maximum absolute atomic E-state index is 5.61. The molecule has 0 aromatic carbocycles. The first-order chi connectivity index (χ1) is 7.79. The van der Waals surface area contributed by atoms with Gasteiger partial charge < -0.3 is 15.0 Å². The Hall–Kier alpha value is -1.36. The van der Waals surface area contributed by atoms with Crippen molar-refractivity contribution < 1.29 is 4.74 Å². The van der Waals surface area contributed by atoms with Crippen LogP contribution in [0.3, 0.4) is 0 Å². The van der Waals surface area contributed by atoms with Crippen LogP contribution < -0.4 is 10.2 Å². The maximum Gasteiger partial charge on any atom is 0.149 e. The monoisotopic (exact) mass is 222 g/mol. The number of nitrogens with zero attached hydrogens (tertiary/aromatic N) is 3. The van der Waals surface area contributed by atoms with Gasteiger partial charge in [-0.2, -0.15) is 0 Å². The highest BCUT2D eigenvalue weighted by molar-refractivity contribution is 5.43. The highest BCUT2D eigenvalue weighted by Gasteiger charge is 2.16. The van der Waals surface area contributed by atoms with E-state index in [2.05, 4.69) is 27.1 Å². The molecule has 2 heterocycles. The summed E-state index contributed by atoms with van der Waals surface area (Å²) in [6.07, 6.45) is 4.82. The van der Waals surface area contributed by atoms with Crippen LogP contribution in [0.25, 0.3) is 0 Å². The van der Waals surface area contributed by atoms with Gasteiger partial charge in [-0.1, -0.05) is 0 Å². The molecule has 1 aromatic heterocycles. The zero-order valence-corrected chi connectivity index (χ0v) is 9.81. The van der Waals surface area contributed by atoms with E-state index in [0.29, 0.717) is 0 Å². The molecule has 1 unspecified atom stereocenters. The summed E-state index contributed by atoms with van der Waals surface area (Å²) in [6, 6.07) is 0. The normalized spacial score (nSPS) is 21.6. The minimum Gasteiger partial charge on any atom is -0.377 e. The van der Waals surface area contributed by atoms with E-state index >= 15 is 0 Å². The van der Waals surface area contributed by atoms with Gasteiger partial charge in [-0.15, -0.1) is 0 Å². The second-order valence-electron chi connectivity index (χ2n) is 3.99. The second-order valence-corrected chi connectivity index (χ2v) is 3.99. The lowest BCUT2D eigenvalue weighted by atomic mass is 10.3. The molecule has 1 aliphatic heterocycles. The van der Waals surface area contributed by atoms with E-state index in [0.717, 1.165) is 37.8 Å². The van der Waals surface area contributed by atoms with Crippen molar-refractivity contribution in [2.45, 2.75) is 19.4 Å². The smallest absolute Gasteiger partial charge is 0.149 e. The Kier molecular flexibility index (Phi) is 3.56. The molecule has 88 valence electrons. The van der Waals surface area contributed by atoms with Gasteiger partial charge in [0.15, 0.2) is 0 Å². The van der Waals surface area contributed by atoms with Crippen molar-refractivity contribution in [3.8, 4) is 0 Å². The molecule has 0 saturated carbocycles. The van der Waals surface area contributed by atoms with Crippen molar-refractivity contribution in [2.24, 2.45) is 0 Å². The van der Waals surface area contributed by atoms with Crippen molar-refractivity contribution in [1.29, 1.82) is 0 Å². The maximum atomic E-state index is 5.61.